The van der Waals surface area contributed by atoms with Crippen molar-refractivity contribution in [2.45, 2.75) is 51.7 Å². The third-order valence-corrected chi connectivity index (χ3v) is 5.46. The van der Waals surface area contributed by atoms with Gasteiger partial charge in [-0.15, -0.1) is 0 Å². The van der Waals surface area contributed by atoms with E-state index in [1.165, 1.54) is 0 Å². The van der Waals surface area contributed by atoms with Crippen molar-refractivity contribution in [1.82, 2.24) is 15.3 Å². The molecule has 1 fully saturated rings. The molecule has 1 saturated heterocycles. The summed E-state index contributed by atoms with van der Waals surface area (Å²) < 4.78 is 5.37. The molecule has 1 aromatic heterocycles. The second-order valence-electron chi connectivity index (χ2n) is 9.18. The Hall–Kier alpha value is -3.07. The van der Waals surface area contributed by atoms with Crippen molar-refractivity contribution in [2.75, 3.05) is 23.7 Å². The normalized spacial score (nSPS) is 15.8. The average Bonchev–Trinajstić information content (AvgIpc) is 2.65. The van der Waals surface area contributed by atoms with Crippen LogP contribution < -0.4 is 21.7 Å². The van der Waals surface area contributed by atoms with Crippen LogP contribution in [0.2, 0.25) is 5.02 Å². The molecule has 9 nitrogen and oxygen atoms in total. The minimum atomic E-state index is -0.705. The number of benzene rings is 1. The number of carbonyl (C=O) groups excluding carboxylic acids is 2. The van der Waals surface area contributed by atoms with Crippen LogP contribution in [0.15, 0.2) is 24.3 Å². The van der Waals surface area contributed by atoms with Gasteiger partial charge < -0.3 is 26.4 Å². The van der Waals surface area contributed by atoms with Crippen LogP contribution in [0.3, 0.4) is 0 Å². The molecule has 2 amide bonds. The van der Waals surface area contributed by atoms with Gasteiger partial charge in [-0.2, -0.15) is 4.98 Å². The van der Waals surface area contributed by atoms with Gasteiger partial charge in [-0.3, -0.25) is 4.79 Å². The highest BCUT2D eigenvalue weighted by molar-refractivity contribution is 6.30. The summed E-state index contributed by atoms with van der Waals surface area (Å²) >= 11 is 6.09. The van der Waals surface area contributed by atoms with Crippen LogP contribution in [-0.4, -0.2) is 46.2 Å². The second kappa shape index (κ2) is 8.82. The summed E-state index contributed by atoms with van der Waals surface area (Å²) in [6.07, 6.45) is 0.824. The molecule has 3 rings (SSSR count). The summed E-state index contributed by atoms with van der Waals surface area (Å²) in [7, 11) is 0. The molecule has 1 aliphatic rings. The van der Waals surface area contributed by atoms with Crippen LogP contribution in [0.4, 0.5) is 16.6 Å². The smallest absolute Gasteiger partial charge is 0.408 e. The predicted molar refractivity (Wildman–Crippen MR) is 125 cm³/mol. The van der Waals surface area contributed by atoms with E-state index in [0.29, 0.717) is 48.0 Å². The molecule has 172 valence electrons. The van der Waals surface area contributed by atoms with E-state index in [2.05, 4.69) is 15.3 Å². The Labute approximate surface area is 192 Å². The lowest BCUT2D eigenvalue weighted by Gasteiger charge is -2.40. The van der Waals surface area contributed by atoms with Crippen molar-refractivity contribution in [3.63, 3.8) is 0 Å². The number of nitrogens with two attached hydrogens (primary N) is 2. The number of aromatic nitrogens is 2. The van der Waals surface area contributed by atoms with E-state index in [0.717, 1.165) is 0 Å². The van der Waals surface area contributed by atoms with Crippen molar-refractivity contribution in [3.05, 3.63) is 35.0 Å². The van der Waals surface area contributed by atoms with Crippen LogP contribution in [0.25, 0.3) is 11.1 Å². The molecule has 10 heteroatoms. The Morgan fingerprint density at radius 3 is 2.44 bits per heavy atom. The molecule has 0 aliphatic carbocycles. The van der Waals surface area contributed by atoms with Gasteiger partial charge in [-0.05, 0) is 58.2 Å². The van der Waals surface area contributed by atoms with Gasteiger partial charge in [0.15, 0.2) is 0 Å². The number of rotatable bonds is 4. The zero-order valence-corrected chi connectivity index (χ0v) is 19.5. The van der Waals surface area contributed by atoms with Gasteiger partial charge in [-0.25, -0.2) is 9.78 Å². The number of halogens is 1. The lowest BCUT2D eigenvalue weighted by molar-refractivity contribution is 0.0448. The number of hydrogen-bond acceptors (Lipinski definition) is 7. The van der Waals surface area contributed by atoms with Crippen molar-refractivity contribution in [2.24, 2.45) is 5.73 Å². The fourth-order valence-electron chi connectivity index (χ4n) is 3.59. The van der Waals surface area contributed by atoms with Crippen LogP contribution in [0.1, 0.15) is 51.0 Å². The minimum absolute atomic E-state index is 0.0370. The van der Waals surface area contributed by atoms with Crippen LogP contribution >= 0.6 is 11.6 Å². The molecule has 0 radical (unpaired) electrons. The van der Waals surface area contributed by atoms with Gasteiger partial charge in [0.2, 0.25) is 5.95 Å². The Morgan fingerprint density at radius 2 is 1.88 bits per heavy atom. The standard InChI is InChI=1S/C22H29ClN6O3/c1-21(2,3)32-20(31)28-22(4)8-10-29(11-9-22)19-26-16(18(25)30)15(17(24)27-19)13-6-5-7-14(23)12-13/h5-7,12H,8-11H2,1-4H3,(H2,25,30)(H,28,31)(H2,24,26,27). The van der Waals surface area contributed by atoms with E-state index >= 15 is 0 Å². The first-order valence-corrected chi connectivity index (χ1v) is 10.7. The van der Waals surface area contributed by atoms with Crippen LogP contribution in [0.5, 0.6) is 0 Å². The maximum Gasteiger partial charge on any atom is 0.408 e. The average molecular weight is 461 g/mol. The van der Waals surface area contributed by atoms with Gasteiger partial charge in [0.05, 0.1) is 5.56 Å². The van der Waals surface area contributed by atoms with Gasteiger partial charge in [0.25, 0.3) is 5.91 Å². The Balaban J connectivity index is 1.80. The minimum Gasteiger partial charge on any atom is -0.444 e. The van der Waals surface area contributed by atoms with E-state index in [4.69, 9.17) is 27.8 Å². The maximum absolute atomic E-state index is 12.2. The SMILES string of the molecule is CC1(NC(=O)OC(C)(C)C)CCN(c2nc(N)c(-c3cccc(Cl)c3)c(C(N)=O)n2)CC1. The highest BCUT2D eigenvalue weighted by Crippen LogP contribution is 2.32. The molecule has 32 heavy (non-hydrogen) atoms. The molecule has 0 atom stereocenters. The summed E-state index contributed by atoms with van der Waals surface area (Å²) in [6, 6.07) is 6.91. The van der Waals surface area contributed by atoms with Crippen molar-refractivity contribution in [3.8, 4) is 11.1 Å². The lowest BCUT2D eigenvalue weighted by atomic mass is 9.90. The molecule has 5 N–H and O–H groups in total. The van der Waals surface area contributed by atoms with Crippen LogP contribution in [-0.2, 0) is 4.74 Å². The zero-order chi connectivity index (χ0) is 23.7. The Bertz CT molecular complexity index is 1030. The van der Waals surface area contributed by atoms with Crippen LogP contribution in [0, 0.1) is 0 Å². The monoisotopic (exact) mass is 460 g/mol. The number of alkyl carbamates (subject to hydrolysis) is 1. The number of primary amides is 1. The zero-order valence-electron chi connectivity index (χ0n) is 18.7. The number of nitrogens with one attached hydrogen (secondary N) is 1. The maximum atomic E-state index is 12.2. The van der Waals surface area contributed by atoms with Crippen molar-refractivity contribution in [1.29, 1.82) is 0 Å². The highest BCUT2D eigenvalue weighted by Gasteiger charge is 2.34. The topological polar surface area (TPSA) is 136 Å². The number of nitrogen functional groups attached to an aromatic ring is 1. The third kappa shape index (κ3) is 5.59. The molecular formula is C22H29ClN6O3. The van der Waals surface area contributed by atoms with E-state index < -0.39 is 23.1 Å². The summed E-state index contributed by atoms with van der Waals surface area (Å²) in [5, 5.41) is 3.46. The quantitative estimate of drug-likeness (QED) is 0.636. The number of carbonyl (C=O) groups is 2. The molecule has 2 aromatic rings. The first-order valence-electron chi connectivity index (χ1n) is 10.4. The van der Waals surface area contributed by atoms with E-state index in [1.54, 1.807) is 24.3 Å². The first kappa shape index (κ1) is 23.6. The molecule has 2 heterocycles. The molecule has 1 aromatic carbocycles. The summed E-state index contributed by atoms with van der Waals surface area (Å²) in [4.78, 5) is 35.1. The number of piperidine rings is 1. The fraction of sp³-hybridized carbons (Fsp3) is 0.455. The lowest BCUT2D eigenvalue weighted by Crippen LogP contribution is -2.54. The van der Waals surface area contributed by atoms with Gasteiger partial charge in [-0.1, -0.05) is 23.7 Å². The molecule has 0 spiro atoms. The van der Waals surface area contributed by atoms with Gasteiger partial charge in [0.1, 0.15) is 17.1 Å². The number of nitrogens with zero attached hydrogens (tertiary/aromatic N) is 3. The predicted octanol–water partition coefficient (Wildman–Crippen LogP) is 3.36. The number of anilines is 2. The Kier molecular flexibility index (Phi) is 6.50. The Morgan fingerprint density at radius 1 is 1.22 bits per heavy atom. The molecule has 0 bridgehead atoms. The first-order chi connectivity index (χ1) is 14.9. The summed E-state index contributed by atoms with van der Waals surface area (Å²) in [5.41, 5.74) is 11.8. The van der Waals surface area contributed by atoms with E-state index in [9.17, 15) is 9.59 Å². The van der Waals surface area contributed by atoms with Crippen molar-refractivity contribution < 1.29 is 14.3 Å². The van der Waals surface area contributed by atoms with Gasteiger partial charge in [0, 0.05) is 23.7 Å². The highest BCUT2D eigenvalue weighted by atomic mass is 35.5. The molecular weight excluding hydrogens is 432 g/mol. The number of amides is 2. The van der Waals surface area contributed by atoms with E-state index in [-0.39, 0.29) is 11.5 Å². The fourth-order valence-corrected chi connectivity index (χ4v) is 3.78. The van der Waals surface area contributed by atoms with Gasteiger partial charge >= 0.3 is 6.09 Å². The largest absolute Gasteiger partial charge is 0.444 e. The third-order valence-electron chi connectivity index (χ3n) is 5.22. The summed E-state index contributed by atoms with van der Waals surface area (Å²) in [6.45, 7) is 8.55. The number of hydrogen-bond donors (Lipinski definition) is 3. The van der Waals surface area contributed by atoms with Crippen molar-refractivity contribution >= 4 is 35.4 Å². The molecule has 1 aliphatic heterocycles. The summed E-state index contributed by atoms with van der Waals surface area (Å²) in [5.74, 6) is -0.239. The second-order valence-corrected chi connectivity index (χ2v) is 9.62. The van der Waals surface area contributed by atoms with E-state index in [1.807, 2.05) is 32.6 Å². The number of ether oxygens (including phenoxy) is 1. The molecule has 0 unspecified atom stereocenters. The molecule has 0 saturated carbocycles.